The zero-order valence-corrected chi connectivity index (χ0v) is 15.0. The van der Waals surface area contributed by atoms with E-state index >= 15 is 0 Å². The molecule has 1 aromatic rings. The second-order valence-electron chi connectivity index (χ2n) is 6.83. The molecular formula is C18H30N6. The first-order chi connectivity index (χ1) is 11.7. The number of aliphatic imine (C=N–C) groups is 1. The molecular weight excluding hydrogens is 300 g/mol. The Morgan fingerprint density at radius 3 is 2.62 bits per heavy atom. The molecule has 6 nitrogen and oxygen atoms in total. The summed E-state index contributed by atoms with van der Waals surface area (Å²) in [5.74, 6) is 2.83. The fourth-order valence-electron chi connectivity index (χ4n) is 2.81. The van der Waals surface area contributed by atoms with Gasteiger partial charge in [-0.1, -0.05) is 6.07 Å². The maximum absolute atomic E-state index is 4.67. The van der Waals surface area contributed by atoms with E-state index in [-0.39, 0.29) is 0 Å². The van der Waals surface area contributed by atoms with Crippen LogP contribution in [-0.4, -0.2) is 62.2 Å². The molecule has 0 amide bonds. The number of rotatable bonds is 6. The first-order valence-corrected chi connectivity index (χ1v) is 9.15. The molecule has 24 heavy (non-hydrogen) atoms. The number of nitrogens with one attached hydrogen (secondary N) is 2. The molecule has 1 aliphatic carbocycles. The van der Waals surface area contributed by atoms with Crippen molar-refractivity contribution in [1.29, 1.82) is 0 Å². The Labute approximate surface area is 145 Å². The highest BCUT2D eigenvalue weighted by Gasteiger charge is 2.21. The maximum atomic E-state index is 4.67. The van der Waals surface area contributed by atoms with Crippen LogP contribution in [-0.2, 0) is 6.54 Å². The molecule has 0 spiro atoms. The summed E-state index contributed by atoms with van der Waals surface area (Å²) in [6.07, 6.45) is 4.66. The highest BCUT2D eigenvalue weighted by molar-refractivity contribution is 5.79. The summed E-state index contributed by atoms with van der Waals surface area (Å²) in [5, 5.41) is 6.73. The molecule has 6 heteroatoms. The van der Waals surface area contributed by atoms with Gasteiger partial charge in [-0.2, -0.15) is 0 Å². The maximum Gasteiger partial charge on any atom is 0.191 e. The lowest BCUT2D eigenvalue weighted by Crippen LogP contribution is -2.44. The van der Waals surface area contributed by atoms with Gasteiger partial charge < -0.3 is 20.4 Å². The Morgan fingerprint density at radius 1 is 1.21 bits per heavy atom. The molecule has 0 bridgehead atoms. The minimum Gasteiger partial charge on any atom is -0.357 e. The van der Waals surface area contributed by atoms with Crippen LogP contribution in [0.1, 0.15) is 25.3 Å². The van der Waals surface area contributed by atoms with Gasteiger partial charge in [-0.3, -0.25) is 0 Å². The van der Waals surface area contributed by atoms with Gasteiger partial charge in [0.05, 0.1) is 6.54 Å². The summed E-state index contributed by atoms with van der Waals surface area (Å²) < 4.78 is 0. The van der Waals surface area contributed by atoms with E-state index in [0.717, 1.165) is 62.5 Å². The van der Waals surface area contributed by atoms with Gasteiger partial charge in [-0.05, 0) is 44.4 Å². The van der Waals surface area contributed by atoms with Gasteiger partial charge >= 0.3 is 0 Å². The fraction of sp³-hybridized carbons (Fsp3) is 0.667. The molecule has 0 unspecified atom stereocenters. The van der Waals surface area contributed by atoms with E-state index in [4.69, 9.17) is 0 Å². The first kappa shape index (κ1) is 17.0. The number of anilines is 1. The molecule has 2 fully saturated rings. The van der Waals surface area contributed by atoms with Crippen molar-refractivity contribution in [1.82, 2.24) is 20.5 Å². The zero-order chi connectivity index (χ0) is 16.8. The molecule has 3 rings (SSSR count). The molecule has 0 aromatic carbocycles. The highest BCUT2D eigenvalue weighted by atomic mass is 15.3. The van der Waals surface area contributed by atoms with Crippen LogP contribution in [0, 0.1) is 5.92 Å². The van der Waals surface area contributed by atoms with Crippen LogP contribution in [0.2, 0.25) is 0 Å². The number of likely N-dealkylation sites (N-methyl/N-ethyl adjacent to an activating group) is 1. The van der Waals surface area contributed by atoms with Crippen molar-refractivity contribution < 1.29 is 0 Å². The molecule has 0 radical (unpaired) electrons. The van der Waals surface area contributed by atoms with E-state index in [1.807, 2.05) is 6.20 Å². The number of aromatic nitrogens is 1. The lowest BCUT2D eigenvalue weighted by atomic mass is 10.2. The monoisotopic (exact) mass is 330 g/mol. The van der Waals surface area contributed by atoms with E-state index in [1.165, 1.54) is 12.8 Å². The Kier molecular flexibility index (Phi) is 5.91. The molecule has 1 aromatic heterocycles. The standard InChI is InChI=1S/C18H30N6/c1-3-19-18(21-12-15-4-5-15)22-14-16-6-7-17(20-13-16)24-10-8-23(2)9-11-24/h6-7,13,15H,3-5,8-12,14H2,1-2H3,(H2,19,21,22). The molecule has 1 saturated carbocycles. The predicted molar refractivity (Wildman–Crippen MR) is 99.5 cm³/mol. The molecule has 2 N–H and O–H groups in total. The van der Waals surface area contributed by atoms with Crippen molar-refractivity contribution in [3.8, 4) is 0 Å². The molecule has 2 heterocycles. The second-order valence-corrected chi connectivity index (χ2v) is 6.83. The van der Waals surface area contributed by atoms with Gasteiger partial charge in [0.25, 0.3) is 0 Å². The Balaban J connectivity index is 1.53. The number of pyridine rings is 1. The van der Waals surface area contributed by atoms with Crippen molar-refractivity contribution in [3.63, 3.8) is 0 Å². The topological polar surface area (TPSA) is 55.8 Å². The van der Waals surface area contributed by atoms with Crippen LogP contribution in [0.15, 0.2) is 23.3 Å². The van der Waals surface area contributed by atoms with Crippen molar-refractivity contribution >= 4 is 11.8 Å². The zero-order valence-electron chi connectivity index (χ0n) is 15.0. The number of piperazine rings is 1. The third-order valence-electron chi connectivity index (χ3n) is 4.66. The summed E-state index contributed by atoms with van der Waals surface area (Å²) in [6, 6.07) is 4.27. The number of hydrogen-bond acceptors (Lipinski definition) is 4. The Hall–Kier alpha value is -1.82. The van der Waals surface area contributed by atoms with E-state index in [0.29, 0.717) is 6.54 Å². The van der Waals surface area contributed by atoms with Crippen LogP contribution < -0.4 is 15.5 Å². The summed E-state index contributed by atoms with van der Waals surface area (Å²) in [6.45, 7) is 8.99. The average molecular weight is 330 g/mol. The van der Waals surface area contributed by atoms with Crippen molar-refractivity contribution in [2.24, 2.45) is 10.9 Å². The summed E-state index contributed by atoms with van der Waals surface area (Å²) in [4.78, 5) is 14.0. The molecule has 2 aliphatic rings. The average Bonchev–Trinajstić information content (AvgIpc) is 3.43. The van der Waals surface area contributed by atoms with Crippen LogP contribution in [0.4, 0.5) is 5.82 Å². The van der Waals surface area contributed by atoms with Gasteiger partial charge in [-0.15, -0.1) is 0 Å². The highest BCUT2D eigenvalue weighted by Crippen LogP contribution is 2.27. The largest absolute Gasteiger partial charge is 0.357 e. The quantitative estimate of drug-likeness (QED) is 0.608. The van der Waals surface area contributed by atoms with Crippen LogP contribution >= 0.6 is 0 Å². The van der Waals surface area contributed by atoms with Crippen molar-refractivity contribution in [3.05, 3.63) is 23.9 Å². The molecule has 1 aliphatic heterocycles. The van der Waals surface area contributed by atoms with Crippen molar-refractivity contribution in [2.75, 3.05) is 51.2 Å². The van der Waals surface area contributed by atoms with E-state index < -0.39 is 0 Å². The number of nitrogens with zero attached hydrogens (tertiary/aromatic N) is 4. The van der Waals surface area contributed by atoms with Crippen LogP contribution in [0.5, 0.6) is 0 Å². The molecule has 1 saturated heterocycles. The third kappa shape index (κ3) is 5.09. The van der Waals surface area contributed by atoms with Crippen molar-refractivity contribution in [2.45, 2.75) is 26.3 Å². The van der Waals surface area contributed by atoms with Gasteiger partial charge in [0.15, 0.2) is 5.96 Å². The SMILES string of the molecule is CCNC(=NCc1ccc(N2CCN(C)CC2)nc1)NCC1CC1. The fourth-order valence-corrected chi connectivity index (χ4v) is 2.81. The predicted octanol–water partition coefficient (Wildman–Crippen LogP) is 1.30. The van der Waals surface area contributed by atoms with Crippen LogP contribution in [0.25, 0.3) is 0 Å². The number of hydrogen-bond donors (Lipinski definition) is 2. The minimum atomic E-state index is 0.663. The van der Waals surface area contributed by atoms with Crippen LogP contribution in [0.3, 0.4) is 0 Å². The lowest BCUT2D eigenvalue weighted by Gasteiger charge is -2.33. The first-order valence-electron chi connectivity index (χ1n) is 9.15. The van der Waals surface area contributed by atoms with Gasteiger partial charge in [0.2, 0.25) is 0 Å². The minimum absolute atomic E-state index is 0.663. The third-order valence-corrected chi connectivity index (χ3v) is 4.66. The summed E-state index contributed by atoms with van der Waals surface area (Å²) in [7, 11) is 2.17. The van der Waals surface area contributed by atoms with Gasteiger partial charge in [-0.25, -0.2) is 9.98 Å². The summed E-state index contributed by atoms with van der Waals surface area (Å²) in [5.41, 5.74) is 1.15. The Bertz CT molecular complexity index is 529. The summed E-state index contributed by atoms with van der Waals surface area (Å²) >= 11 is 0. The van der Waals surface area contributed by atoms with E-state index in [1.54, 1.807) is 0 Å². The normalized spacial score (nSPS) is 19.4. The second kappa shape index (κ2) is 8.33. The smallest absolute Gasteiger partial charge is 0.191 e. The Morgan fingerprint density at radius 2 is 2.00 bits per heavy atom. The van der Waals surface area contributed by atoms with Gasteiger partial charge in [0, 0.05) is 45.5 Å². The van der Waals surface area contributed by atoms with E-state index in [9.17, 15) is 0 Å². The number of guanidine groups is 1. The van der Waals surface area contributed by atoms with E-state index in [2.05, 4.69) is 56.5 Å². The molecule has 0 atom stereocenters. The molecule has 132 valence electrons. The lowest BCUT2D eigenvalue weighted by molar-refractivity contribution is 0.312. The van der Waals surface area contributed by atoms with Gasteiger partial charge in [0.1, 0.15) is 5.82 Å².